The van der Waals surface area contributed by atoms with E-state index in [2.05, 4.69) is 16.0 Å². The Morgan fingerprint density at radius 1 is 0.867 bits per heavy atom. The average Bonchev–Trinajstić information content (AvgIpc) is 2.78. The zero-order valence-corrected chi connectivity index (χ0v) is 17.2. The molecule has 2 amide bonds. The molecule has 0 atom stereocenters. The maximum absolute atomic E-state index is 12.4. The fourth-order valence-electron chi connectivity index (χ4n) is 2.70. The molecule has 7 heteroatoms. The standard InChI is InChI=1S/C23H21N3O3S/c1-29-20-12-10-17(11-13-20)22(28)26-23(30)25-19-9-5-8-18(14-19)21(27)24-15-16-6-3-2-4-7-16/h2-14H,15H2,1H3,(H,24,27)(H2,25,26,28,30). The Balaban J connectivity index is 1.56. The third-order valence-corrected chi connectivity index (χ3v) is 4.46. The summed E-state index contributed by atoms with van der Waals surface area (Å²) < 4.78 is 5.08. The van der Waals surface area contributed by atoms with Gasteiger partial charge in [0.15, 0.2) is 5.11 Å². The number of carbonyl (C=O) groups is 2. The number of hydrogen-bond acceptors (Lipinski definition) is 4. The van der Waals surface area contributed by atoms with Gasteiger partial charge in [-0.25, -0.2) is 0 Å². The molecule has 3 aromatic carbocycles. The normalized spacial score (nSPS) is 10.0. The third kappa shape index (κ3) is 5.89. The van der Waals surface area contributed by atoms with Gasteiger partial charge in [-0.05, 0) is 60.2 Å². The molecule has 0 heterocycles. The summed E-state index contributed by atoms with van der Waals surface area (Å²) in [6.45, 7) is 0.438. The Morgan fingerprint density at radius 3 is 2.30 bits per heavy atom. The maximum Gasteiger partial charge on any atom is 0.257 e. The molecule has 3 aromatic rings. The third-order valence-electron chi connectivity index (χ3n) is 4.26. The summed E-state index contributed by atoms with van der Waals surface area (Å²) in [5.41, 5.74) is 2.55. The first-order valence-electron chi connectivity index (χ1n) is 9.24. The molecular weight excluding hydrogens is 398 g/mol. The Morgan fingerprint density at radius 2 is 1.60 bits per heavy atom. The van der Waals surface area contributed by atoms with Gasteiger partial charge >= 0.3 is 0 Å². The zero-order chi connectivity index (χ0) is 21.3. The lowest BCUT2D eigenvalue weighted by Crippen LogP contribution is -2.34. The number of benzene rings is 3. The molecule has 0 aliphatic carbocycles. The number of thiocarbonyl (C=S) groups is 1. The molecule has 0 aromatic heterocycles. The minimum atomic E-state index is -0.341. The molecule has 0 unspecified atom stereocenters. The van der Waals surface area contributed by atoms with Gasteiger partial charge in [-0.1, -0.05) is 36.4 Å². The molecule has 0 saturated heterocycles. The molecule has 3 N–H and O–H groups in total. The zero-order valence-electron chi connectivity index (χ0n) is 16.3. The lowest BCUT2D eigenvalue weighted by Gasteiger charge is -2.11. The Hall–Kier alpha value is -3.71. The number of nitrogens with one attached hydrogen (secondary N) is 3. The van der Waals surface area contributed by atoms with Crippen LogP contribution >= 0.6 is 12.2 Å². The van der Waals surface area contributed by atoms with Gasteiger partial charge in [0.25, 0.3) is 11.8 Å². The average molecular weight is 420 g/mol. The predicted molar refractivity (Wildman–Crippen MR) is 121 cm³/mol. The highest BCUT2D eigenvalue weighted by Gasteiger charge is 2.10. The fraction of sp³-hybridized carbons (Fsp3) is 0.0870. The molecule has 0 aliphatic rings. The lowest BCUT2D eigenvalue weighted by molar-refractivity contribution is 0.0948. The van der Waals surface area contributed by atoms with Gasteiger partial charge in [0.05, 0.1) is 7.11 Å². The fourth-order valence-corrected chi connectivity index (χ4v) is 2.91. The van der Waals surface area contributed by atoms with Crippen molar-refractivity contribution in [3.8, 4) is 5.75 Å². The van der Waals surface area contributed by atoms with Crippen molar-refractivity contribution in [1.29, 1.82) is 0 Å². The van der Waals surface area contributed by atoms with Gasteiger partial charge in [0, 0.05) is 23.4 Å². The number of ether oxygens (including phenoxy) is 1. The van der Waals surface area contributed by atoms with Crippen LogP contribution in [0, 0.1) is 0 Å². The summed E-state index contributed by atoms with van der Waals surface area (Å²) >= 11 is 5.22. The lowest BCUT2D eigenvalue weighted by atomic mass is 10.1. The van der Waals surface area contributed by atoms with Gasteiger partial charge in [-0.2, -0.15) is 0 Å². The summed E-state index contributed by atoms with van der Waals surface area (Å²) in [4.78, 5) is 24.7. The number of anilines is 1. The van der Waals surface area contributed by atoms with Crippen LogP contribution in [0.3, 0.4) is 0 Å². The Kier molecular flexibility index (Phi) is 7.13. The highest BCUT2D eigenvalue weighted by Crippen LogP contribution is 2.13. The van der Waals surface area contributed by atoms with Crippen LogP contribution in [0.15, 0.2) is 78.9 Å². The molecule has 30 heavy (non-hydrogen) atoms. The van der Waals surface area contributed by atoms with Crippen LogP contribution in [0.25, 0.3) is 0 Å². The quantitative estimate of drug-likeness (QED) is 0.531. The molecule has 0 spiro atoms. The van der Waals surface area contributed by atoms with Gasteiger partial charge in [0.2, 0.25) is 0 Å². The molecular formula is C23H21N3O3S. The van der Waals surface area contributed by atoms with Crippen LogP contribution in [0.1, 0.15) is 26.3 Å². The number of carbonyl (C=O) groups excluding carboxylic acids is 2. The van der Waals surface area contributed by atoms with Gasteiger partial charge in [0.1, 0.15) is 5.75 Å². The maximum atomic E-state index is 12.4. The monoisotopic (exact) mass is 419 g/mol. The molecule has 3 rings (SSSR count). The molecule has 0 fully saturated rings. The van der Waals surface area contributed by atoms with Crippen LogP contribution < -0.4 is 20.7 Å². The highest BCUT2D eigenvalue weighted by atomic mass is 32.1. The summed E-state index contributed by atoms with van der Waals surface area (Å²) in [5, 5.41) is 8.56. The molecule has 0 bridgehead atoms. The summed E-state index contributed by atoms with van der Waals surface area (Å²) in [5.74, 6) is 0.122. The smallest absolute Gasteiger partial charge is 0.257 e. The van der Waals surface area contributed by atoms with E-state index in [1.807, 2.05) is 30.3 Å². The van der Waals surface area contributed by atoms with E-state index in [9.17, 15) is 9.59 Å². The van der Waals surface area contributed by atoms with E-state index in [-0.39, 0.29) is 16.9 Å². The van der Waals surface area contributed by atoms with Crippen molar-refractivity contribution in [3.63, 3.8) is 0 Å². The summed E-state index contributed by atoms with van der Waals surface area (Å²) in [7, 11) is 1.56. The van der Waals surface area contributed by atoms with E-state index in [0.29, 0.717) is 29.1 Å². The van der Waals surface area contributed by atoms with Crippen LogP contribution in [-0.2, 0) is 6.54 Å². The first-order chi connectivity index (χ1) is 14.5. The summed E-state index contributed by atoms with van der Waals surface area (Å²) in [6.07, 6.45) is 0. The first-order valence-corrected chi connectivity index (χ1v) is 9.64. The van der Waals surface area contributed by atoms with Crippen LogP contribution in [0.4, 0.5) is 5.69 Å². The van der Waals surface area contributed by atoms with Crippen molar-refractivity contribution in [2.75, 3.05) is 12.4 Å². The topological polar surface area (TPSA) is 79.5 Å². The van der Waals surface area contributed by atoms with Crippen LogP contribution in [0.5, 0.6) is 5.75 Å². The summed E-state index contributed by atoms with van der Waals surface area (Å²) in [6, 6.07) is 23.3. The van der Waals surface area contributed by atoms with Crippen molar-refractivity contribution >= 4 is 34.8 Å². The SMILES string of the molecule is COc1ccc(C(=O)NC(=S)Nc2cccc(C(=O)NCc3ccccc3)c2)cc1. The minimum absolute atomic E-state index is 0.137. The Bertz CT molecular complexity index is 1040. The molecule has 0 saturated carbocycles. The molecule has 0 aliphatic heterocycles. The van der Waals surface area contributed by atoms with E-state index in [1.165, 1.54) is 0 Å². The van der Waals surface area contributed by atoms with E-state index in [0.717, 1.165) is 5.56 Å². The van der Waals surface area contributed by atoms with Crippen LogP contribution in [-0.4, -0.2) is 24.0 Å². The van der Waals surface area contributed by atoms with E-state index in [1.54, 1.807) is 55.6 Å². The second-order valence-corrected chi connectivity index (χ2v) is 6.79. The number of methoxy groups -OCH3 is 1. The van der Waals surface area contributed by atoms with Gasteiger partial charge < -0.3 is 15.4 Å². The Labute approximate surface area is 180 Å². The second-order valence-electron chi connectivity index (χ2n) is 6.39. The van der Waals surface area contributed by atoms with Crippen LogP contribution in [0.2, 0.25) is 0 Å². The largest absolute Gasteiger partial charge is 0.497 e. The van der Waals surface area contributed by atoms with Gasteiger partial charge in [-0.15, -0.1) is 0 Å². The van der Waals surface area contributed by atoms with Crippen molar-refractivity contribution in [3.05, 3.63) is 95.6 Å². The second kappa shape index (κ2) is 10.2. The van der Waals surface area contributed by atoms with E-state index >= 15 is 0 Å². The first kappa shape index (κ1) is 21.0. The van der Waals surface area contributed by atoms with Gasteiger partial charge in [-0.3, -0.25) is 14.9 Å². The minimum Gasteiger partial charge on any atom is -0.497 e. The van der Waals surface area contributed by atoms with Crippen molar-refractivity contribution in [2.24, 2.45) is 0 Å². The number of rotatable bonds is 6. The number of amides is 2. The van der Waals surface area contributed by atoms with Crippen molar-refractivity contribution in [2.45, 2.75) is 6.54 Å². The molecule has 0 radical (unpaired) electrons. The van der Waals surface area contributed by atoms with E-state index < -0.39 is 0 Å². The highest BCUT2D eigenvalue weighted by molar-refractivity contribution is 7.80. The number of hydrogen-bond donors (Lipinski definition) is 3. The predicted octanol–water partition coefficient (Wildman–Crippen LogP) is 3.75. The van der Waals surface area contributed by atoms with Crippen molar-refractivity contribution in [1.82, 2.24) is 10.6 Å². The molecule has 6 nitrogen and oxygen atoms in total. The van der Waals surface area contributed by atoms with E-state index in [4.69, 9.17) is 17.0 Å². The molecule has 152 valence electrons. The van der Waals surface area contributed by atoms with Crippen molar-refractivity contribution < 1.29 is 14.3 Å².